The van der Waals surface area contributed by atoms with Crippen LogP contribution in [0.15, 0.2) is 12.7 Å². The van der Waals surface area contributed by atoms with E-state index >= 15 is 0 Å². The fraction of sp³-hybridized carbons (Fsp3) is 0.455. The Balaban J connectivity index is 2.06. The number of rotatable bonds is 3. The van der Waals surface area contributed by atoms with Crippen LogP contribution in [0.2, 0.25) is 0 Å². The van der Waals surface area contributed by atoms with E-state index in [-0.39, 0.29) is 11.5 Å². The zero-order valence-corrected chi connectivity index (χ0v) is 10.8. The highest BCUT2D eigenvalue weighted by Crippen LogP contribution is 2.31. The topological polar surface area (TPSA) is 163 Å². The summed E-state index contributed by atoms with van der Waals surface area (Å²) in [6, 6.07) is 0. The number of aliphatic hydroxyl groups excluding tert-OH is 3. The van der Waals surface area contributed by atoms with Crippen molar-refractivity contribution in [2.45, 2.75) is 24.5 Å². The maximum Gasteiger partial charge on any atom is 0.166 e. The molecule has 3 heterocycles. The lowest BCUT2D eigenvalue weighted by molar-refractivity contribution is -0.0511. The molecular weight excluding hydrogens is 280 g/mol. The van der Waals surface area contributed by atoms with Gasteiger partial charge in [0.25, 0.3) is 0 Å². The number of aliphatic hydroxyl groups is 3. The Bertz CT molecular complexity index is 688. The molecule has 10 nitrogen and oxygen atoms in total. The van der Waals surface area contributed by atoms with Crippen LogP contribution in [0, 0.1) is 5.41 Å². The molecule has 6 N–H and O–H groups in total. The van der Waals surface area contributed by atoms with Crippen molar-refractivity contribution in [1.82, 2.24) is 19.5 Å². The van der Waals surface area contributed by atoms with Gasteiger partial charge in [-0.2, -0.15) is 0 Å². The summed E-state index contributed by atoms with van der Waals surface area (Å²) in [7, 11) is 0. The molecule has 0 amide bonds. The van der Waals surface area contributed by atoms with Crippen molar-refractivity contribution in [3.63, 3.8) is 0 Å². The van der Waals surface area contributed by atoms with Crippen molar-refractivity contribution in [3.05, 3.63) is 18.3 Å². The minimum absolute atomic E-state index is 0.172. The number of nitrogens with two attached hydrogens (primary N) is 1. The highest BCUT2D eigenvalue weighted by Gasteiger charge is 2.44. The van der Waals surface area contributed by atoms with E-state index in [1.165, 1.54) is 17.2 Å². The van der Waals surface area contributed by atoms with Crippen LogP contribution in [0.5, 0.6) is 0 Å². The first-order chi connectivity index (χ1) is 10.0. The van der Waals surface area contributed by atoms with Crippen molar-refractivity contribution < 1.29 is 20.1 Å². The maximum absolute atomic E-state index is 10.0. The first kappa shape index (κ1) is 13.8. The Kier molecular flexibility index (Phi) is 3.29. The summed E-state index contributed by atoms with van der Waals surface area (Å²) in [6.07, 6.45) is -1.72. The van der Waals surface area contributed by atoms with Gasteiger partial charge in [-0.1, -0.05) is 0 Å². The van der Waals surface area contributed by atoms with Gasteiger partial charge >= 0.3 is 0 Å². The molecule has 10 heteroatoms. The van der Waals surface area contributed by atoms with Crippen molar-refractivity contribution in [2.24, 2.45) is 5.73 Å². The van der Waals surface area contributed by atoms with Crippen LogP contribution in [0.3, 0.4) is 0 Å². The monoisotopic (exact) mass is 294 g/mol. The lowest BCUT2D eigenvalue weighted by Gasteiger charge is -2.16. The van der Waals surface area contributed by atoms with E-state index in [1.807, 2.05) is 0 Å². The molecule has 1 aliphatic heterocycles. The third kappa shape index (κ3) is 2.05. The van der Waals surface area contributed by atoms with Crippen LogP contribution in [0.4, 0.5) is 0 Å². The number of nitrogens with one attached hydrogen (secondary N) is 1. The second-order valence-corrected chi connectivity index (χ2v) is 4.69. The average Bonchev–Trinajstić information content (AvgIpc) is 3.01. The fourth-order valence-electron chi connectivity index (χ4n) is 2.35. The maximum atomic E-state index is 10.0. The van der Waals surface area contributed by atoms with E-state index in [1.54, 1.807) is 0 Å². The Hall–Kier alpha value is -2.14. The Morgan fingerprint density at radius 1 is 1.33 bits per heavy atom. The normalized spacial score (nSPS) is 29.1. The van der Waals surface area contributed by atoms with Gasteiger partial charge in [-0.15, -0.1) is 0 Å². The van der Waals surface area contributed by atoms with Gasteiger partial charge in [0.2, 0.25) is 0 Å². The number of ether oxygens (including phenoxy) is 1. The number of hydrogen-bond donors (Lipinski definition) is 5. The first-order valence-electron chi connectivity index (χ1n) is 6.19. The molecule has 0 aromatic carbocycles. The summed E-state index contributed by atoms with van der Waals surface area (Å²) in [6.45, 7) is -0.422. The highest BCUT2D eigenvalue weighted by atomic mass is 16.6. The van der Waals surface area contributed by atoms with Gasteiger partial charge in [-0.05, 0) is 0 Å². The summed E-state index contributed by atoms with van der Waals surface area (Å²) in [5, 5.41) is 36.4. The fourth-order valence-corrected chi connectivity index (χ4v) is 2.35. The number of amidine groups is 1. The van der Waals surface area contributed by atoms with Crippen LogP contribution in [-0.4, -0.2) is 65.6 Å². The molecule has 0 bridgehead atoms. The second-order valence-electron chi connectivity index (χ2n) is 4.69. The van der Waals surface area contributed by atoms with Gasteiger partial charge in [0, 0.05) is 0 Å². The molecule has 112 valence electrons. The smallest absolute Gasteiger partial charge is 0.166 e. The van der Waals surface area contributed by atoms with E-state index in [2.05, 4.69) is 15.0 Å². The Morgan fingerprint density at radius 3 is 2.71 bits per heavy atom. The van der Waals surface area contributed by atoms with Gasteiger partial charge in [0.15, 0.2) is 11.9 Å². The van der Waals surface area contributed by atoms with Gasteiger partial charge in [0.1, 0.15) is 41.7 Å². The Labute approximate surface area is 118 Å². The number of nitrogen functional groups attached to an aromatic ring is 1. The second kappa shape index (κ2) is 5.00. The molecule has 0 spiro atoms. The molecular formula is C11H14N6O4. The lowest BCUT2D eigenvalue weighted by Crippen LogP contribution is -2.33. The van der Waals surface area contributed by atoms with Crippen LogP contribution in [-0.2, 0) is 4.74 Å². The van der Waals surface area contributed by atoms with Gasteiger partial charge in [-0.3, -0.25) is 9.98 Å². The molecule has 1 saturated heterocycles. The van der Waals surface area contributed by atoms with Crippen LogP contribution < -0.4 is 5.73 Å². The van der Waals surface area contributed by atoms with Gasteiger partial charge < -0.3 is 25.8 Å². The predicted octanol–water partition coefficient (Wildman–Crippen LogP) is -2.28. The quantitative estimate of drug-likeness (QED) is 0.312. The molecule has 1 aliphatic rings. The number of aromatic nitrogens is 4. The highest BCUT2D eigenvalue weighted by molar-refractivity contribution is 6.02. The van der Waals surface area contributed by atoms with Gasteiger partial charge in [0.05, 0.1) is 12.9 Å². The molecule has 0 aliphatic carbocycles. The molecule has 4 atom stereocenters. The average molecular weight is 294 g/mol. The molecule has 2 aromatic rings. The summed E-state index contributed by atoms with van der Waals surface area (Å²) in [5.74, 6) is -0.256. The predicted molar refractivity (Wildman–Crippen MR) is 69.3 cm³/mol. The zero-order chi connectivity index (χ0) is 15.1. The van der Waals surface area contributed by atoms with Crippen molar-refractivity contribution in [1.29, 1.82) is 5.41 Å². The summed E-state index contributed by atoms with van der Waals surface area (Å²) in [5.41, 5.74) is 6.20. The van der Waals surface area contributed by atoms with Crippen molar-refractivity contribution in [3.8, 4) is 0 Å². The molecule has 0 unspecified atom stereocenters. The molecule has 1 fully saturated rings. The number of imidazole rings is 1. The summed E-state index contributed by atoms with van der Waals surface area (Å²) >= 11 is 0. The van der Waals surface area contributed by atoms with Crippen molar-refractivity contribution in [2.75, 3.05) is 6.61 Å². The molecule has 21 heavy (non-hydrogen) atoms. The van der Waals surface area contributed by atoms with E-state index in [0.717, 1.165) is 0 Å². The molecule has 0 radical (unpaired) electrons. The van der Waals surface area contributed by atoms with Crippen LogP contribution >= 0.6 is 0 Å². The van der Waals surface area contributed by atoms with E-state index in [9.17, 15) is 10.2 Å². The molecule has 0 saturated carbocycles. The third-order valence-corrected chi connectivity index (χ3v) is 3.41. The lowest BCUT2D eigenvalue weighted by atomic mass is 10.1. The Morgan fingerprint density at radius 2 is 2.10 bits per heavy atom. The zero-order valence-electron chi connectivity index (χ0n) is 10.8. The minimum atomic E-state index is -1.24. The number of fused-ring (bicyclic) bond motifs is 1. The minimum Gasteiger partial charge on any atom is -0.394 e. The first-order valence-corrected chi connectivity index (χ1v) is 6.19. The largest absolute Gasteiger partial charge is 0.394 e. The van der Waals surface area contributed by atoms with Crippen LogP contribution in [0.1, 0.15) is 11.9 Å². The number of nitrogens with zero attached hydrogens (tertiary/aromatic N) is 4. The third-order valence-electron chi connectivity index (χ3n) is 3.41. The molecule has 2 aromatic heterocycles. The SMILES string of the molecule is N=C(N)c1ncnc2c1ncn2[C@@H]1O[C@H](CO)[C@@H](O)[C@@H]1O. The van der Waals surface area contributed by atoms with E-state index in [4.69, 9.17) is 21.0 Å². The standard InChI is InChI=1S/C11H14N6O4/c12-9(13)5-6-10(15-2-14-5)17(3-16-6)11-8(20)7(19)4(1-18)21-11/h2-4,7-8,11,18-20H,1H2,(H3,12,13)/t4-,7-,8+,11-/m1/s1. The summed E-state index contributed by atoms with van der Waals surface area (Å²) in [4.78, 5) is 12.0. The van der Waals surface area contributed by atoms with E-state index in [0.29, 0.717) is 11.2 Å². The van der Waals surface area contributed by atoms with Crippen LogP contribution in [0.25, 0.3) is 11.2 Å². The van der Waals surface area contributed by atoms with Gasteiger partial charge in [-0.25, -0.2) is 15.0 Å². The van der Waals surface area contributed by atoms with Crippen molar-refractivity contribution >= 4 is 17.0 Å². The molecule has 3 rings (SSSR count). The van der Waals surface area contributed by atoms with E-state index < -0.39 is 31.1 Å². The summed E-state index contributed by atoms with van der Waals surface area (Å²) < 4.78 is 6.83. The number of hydrogen-bond acceptors (Lipinski definition) is 8.